The number of aliphatic hydroxyl groups is 3. The van der Waals surface area contributed by atoms with Gasteiger partial charge in [-0.2, -0.15) is 0 Å². The summed E-state index contributed by atoms with van der Waals surface area (Å²) in [5.74, 6) is -0.0127. The number of hydrogen-bond acceptors (Lipinski definition) is 5. The highest BCUT2D eigenvalue weighted by Crippen LogP contribution is 2.32. The van der Waals surface area contributed by atoms with Crippen molar-refractivity contribution >= 4 is 0 Å². The van der Waals surface area contributed by atoms with Crippen LogP contribution in [-0.2, 0) is 26.2 Å². The molecule has 2 aromatic rings. The van der Waals surface area contributed by atoms with Crippen LogP contribution in [0.5, 0.6) is 11.5 Å². The number of phenolic OH excluding ortho intramolecular Hbond substituents is 1. The zero-order chi connectivity index (χ0) is 15.4. The predicted molar refractivity (Wildman–Crippen MR) is 76.8 cm³/mol. The van der Waals surface area contributed by atoms with Gasteiger partial charge in [-0.25, -0.2) is 0 Å². The van der Waals surface area contributed by atoms with Gasteiger partial charge in [0.15, 0.2) is 0 Å². The molecule has 5 N–H and O–H groups in total. The molecule has 2 aromatic carbocycles. The molecule has 0 atom stereocenters. The summed E-state index contributed by atoms with van der Waals surface area (Å²) >= 11 is 0. The molecule has 2 rings (SSSR count). The van der Waals surface area contributed by atoms with E-state index in [-0.39, 0.29) is 36.7 Å². The van der Waals surface area contributed by atoms with E-state index in [4.69, 9.17) is 0 Å². The Morgan fingerprint density at radius 3 is 1.95 bits per heavy atom. The van der Waals surface area contributed by atoms with Gasteiger partial charge in [0.05, 0.1) is 19.8 Å². The minimum Gasteiger partial charge on any atom is -0.508 e. The Labute approximate surface area is 122 Å². The SMILES string of the molecule is OCc1cc(Cc2ccccc2O)c(O)c(CO)c1CO. The first-order valence-electron chi connectivity index (χ1n) is 6.57. The second-order valence-electron chi connectivity index (χ2n) is 4.78. The molecule has 0 aromatic heterocycles. The summed E-state index contributed by atoms with van der Waals surface area (Å²) in [6, 6.07) is 8.33. The van der Waals surface area contributed by atoms with Gasteiger partial charge in [-0.1, -0.05) is 18.2 Å². The van der Waals surface area contributed by atoms with Crippen molar-refractivity contribution in [1.82, 2.24) is 0 Å². The molecule has 0 fully saturated rings. The zero-order valence-electron chi connectivity index (χ0n) is 11.5. The third-order valence-corrected chi connectivity index (χ3v) is 3.55. The first-order valence-corrected chi connectivity index (χ1v) is 6.57. The molecule has 0 amide bonds. The van der Waals surface area contributed by atoms with Crippen molar-refractivity contribution in [3.8, 4) is 11.5 Å². The van der Waals surface area contributed by atoms with Gasteiger partial charge in [0.2, 0.25) is 0 Å². The molecule has 0 radical (unpaired) electrons. The Hall–Kier alpha value is -2.08. The van der Waals surface area contributed by atoms with E-state index in [1.165, 1.54) is 0 Å². The fraction of sp³-hybridized carbons (Fsp3) is 0.250. The van der Waals surface area contributed by atoms with E-state index in [0.29, 0.717) is 22.3 Å². The summed E-state index contributed by atoms with van der Waals surface area (Å²) < 4.78 is 0. The fourth-order valence-corrected chi connectivity index (χ4v) is 2.40. The number of phenols is 2. The van der Waals surface area contributed by atoms with Gasteiger partial charge in [-0.15, -0.1) is 0 Å². The number of rotatable bonds is 5. The third-order valence-electron chi connectivity index (χ3n) is 3.55. The van der Waals surface area contributed by atoms with Crippen LogP contribution in [0.2, 0.25) is 0 Å². The quantitative estimate of drug-likeness (QED) is 0.569. The Balaban J connectivity index is 2.52. The number of benzene rings is 2. The van der Waals surface area contributed by atoms with Crippen LogP contribution in [0.15, 0.2) is 30.3 Å². The molecule has 0 spiro atoms. The highest BCUT2D eigenvalue weighted by Gasteiger charge is 2.17. The molecular weight excluding hydrogens is 272 g/mol. The largest absolute Gasteiger partial charge is 0.508 e. The first-order chi connectivity index (χ1) is 10.1. The van der Waals surface area contributed by atoms with Crippen molar-refractivity contribution in [2.75, 3.05) is 0 Å². The summed E-state index contributed by atoms with van der Waals surface area (Å²) in [5, 5.41) is 48.1. The van der Waals surface area contributed by atoms with Gasteiger partial charge in [0.25, 0.3) is 0 Å². The molecule has 0 bridgehead atoms. The number of aliphatic hydroxyl groups excluding tert-OH is 3. The monoisotopic (exact) mass is 290 g/mol. The van der Waals surface area contributed by atoms with E-state index in [1.807, 2.05) is 0 Å². The zero-order valence-corrected chi connectivity index (χ0v) is 11.5. The average molecular weight is 290 g/mol. The fourth-order valence-electron chi connectivity index (χ4n) is 2.40. The smallest absolute Gasteiger partial charge is 0.125 e. The molecule has 0 saturated heterocycles. The molecule has 0 unspecified atom stereocenters. The Bertz CT molecular complexity index is 637. The first kappa shape index (κ1) is 15.3. The van der Waals surface area contributed by atoms with E-state index in [9.17, 15) is 25.5 Å². The number of hydrogen-bond donors (Lipinski definition) is 5. The van der Waals surface area contributed by atoms with Crippen molar-refractivity contribution < 1.29 is 25.5 Å². The highest BCUT2D eigenvalue weighted by atomic mass is 16.3. The summed E-state index contributed by atoms with van der Waals surface area (Å²) in [5.41, 5.74) is 2.08. The van der Waals surface area contributed by atoms with Gasteiger partial charge in [0, 0.05) is 12.0 Å². The van der Waals surface area contributed by atoms with Crippen LogP contribution < -0.4 is 0 Å². The Morgan fingerprint density at radius 2 is 1.38 bits per heavy atom. The Morgan fingerprint density at radius 1 is 0.714 bits per heavy atom. The number of aromatic hydroxyl groups is 2. The standard InChI is InChI=1S/C16H18O5/c17-7-12-6-11(5-10-3-1-2-4-15(10)20)16(21)14(9-19)13(12)8-18/h1-4,6,17-21H,5,7-9H2. The molecule has 0 heterocycles. The van der Waals surface area contributed by atoms with Crippen LogP contribution in [0.4, 0.5) is 0 Å². The van der Waals surface area contributed by atoms with Crippen LogP contribution in [0.1, 0.15) is 27.8 Å². The van der Waals surface area contributed by atoms with Gasteiger partial charge >= 0.3 is 0 Å². The summed E-state index contributed by atoms with van der Waals surface area (Å²) in [6.07, 6.45) is 0.254. The maximum atomic E-state index is 10.2. The molecule has 0 aliphatic carbocycles. The lowest BCUT2D eigenvalue weighted by Crippen LogP contribution is -2.04. The predicted octanol–water partition coefficient (Wildman–Crippen LogP) is 1.17. The normalized spacial score (nSPS) is 10.8. The van der Waals surface area contributed by atoms with Crippen LogP contribution in [0, 0.1) is 0 Å². The maximum Gasteiger partial charge on any atom is 0.125 e. The van der Waals surface area contributed by atoms with Crippen LogP contribution in [-0.4, -0.2) is 25.5 Å². The van der Waals surface area contributed by atoms with E-state index < -0.39 is 6.61 Å². The summed E-state index contributed by atoms with van der Waals surface area (Å²) in [4.78, 5) is 0. The second kappa shape index (κ2) is 6.58. The molecule has 0 aliphatic heterocycles. The summed E-state index contributed by atoms with van der Waals surface area (Å²) in [6.45, 7) is -1.13. The van der Waals surface area contributed by atoms with Crippen molar-refractivity contribution in [2.45, 2.75) is 26.2 Å². The van der Waals surface area contributed by atoms with Crippen molar-refractivity contribution in [1.29, 1.82) is 0 Å². The minimum atomic E-state index is -0.441. The lowest BCUT2D eigenvalue weighted by atomic mass is 9.93. The van der Waals surface area contributed by atoms with Crippen LogP contribution in [0.3, 0.4) is 0 Å². The van der Waals surface area contributed by atoms with Crippen molar-refractivity contribution in [3.05, 3.63) is 58.1 Å². The average Bonchev–Trinajstić information content (AvgIpc) is 2.50. The van der Waals surface area contributed by atoms with E-state index in [1.54, 1.807) is 30.3 Å². The topological polar surface area (TPSA) is 101 Å². The molecule has 21 heavy (non-hydrogen) atoms. The van der Waals surface area contributed by atoms with Crippen LogP contribution in [0.25, 0.3) is 0 Å². The Kier molecular flexibility index (Phi) is 4.80. The number of para-hydroxylation sites is 1. The lowest BCUT2D eigenvalue weighted by molar-refractivity contribution is 0.243. The molecule has 112 valence electrons. The molecule has 5 nitrogen and oxygen atoms in total. The third kappa shape index (κ3) is 3.00. The van der Waals surface area contributed by atoms with E-state index >= 15 is 0 Å². The van der Waals surface area contributed by atoms with E-state index in [2.05, 4.69) is 0 Å². The lowest BCUT2D eigenvalue weighted by Gasteiger charge is -2.16. The molecule has 0 saturated carbocycles. The van der Waals surface area contributed by atoms with Crippen LogP contribution >= 0.6 is 0 Å². The van der Waals surface area contributed by atoms with E-state index in [0.717, 1.165) is 0 Å². The van der Waals surface area contributed by atoms with Gasteiger partial charge in [-0.05, 0) is 34.4 Å². The molecular formula is C16H18O5. The highest BCUT2D eigenvalue weighted by molar-refractivity contribution is 5.51. The second-order valence-corrected chi connectivity index (χ2v) is 4.78. The minimum absolute atomic E-state index is 0.110. The van der Waals surface area contributed by atoms with Gasteiger partial charge in [-0.3, -0.25) is 0 Å². The van der Waals surface area contributed by atoms with Gasteiger partial charge in [0.1, 0.15) is 11.5 Å². The molecule has 5 heteroatoms. The van der Waals surface area contributed by atoms with Gasteiger partial charge < -0.3 is 25.5 Å². The molecule has 0 aliphatic rings. The maximum absolute atomic E-state index is 10.2. The summed E-state index contributed by atoms with van der Waals surface area (Å²) in [7, 11) is 0. The van der Waals surface area contributed by atoms with Crippen molar-refractivity contribution in [2.24, 2.45) is 0 Å². The van der Waals surface area contributed by atoms with Crippen molar-refractivity contribution in [3.63, 3.8) is 0 Å².